The molecule has 0 spiro atoms. The van der Waals surface area contributed by atoms with Crippen LogP contribution in [0.5, 0.6) is 0 Å². The van der Waals surface area contributed by atoms with Crippen LogP contribution in [-0.2, 0) is 10.6 Å². The van der Waals surface area contributed by atoms with Crippen LogP contribution >= 0.6 is 0 Å². The summed E-state index contributed by atoms with van der Waals surface area (Å²) in [6, 6.07) is 10.1. The molecule has 3 unspecified atom stereocenters. The largest absolute Gasteiger partial charge is 0.393 e. The quantitative estimate of drug-likeness (QED) is 0.678. The minimum atomic E-state index is -0.307. The highest BCUT2D eigenvalue weighted by atomic mass is 16.9. The maximum atomic E-state index is 9.63. The Labute approximate surface area is 82.9 Å². The lowest BCUT2D eigenvalue weighted by Gasteiger charge is -2.21. The molecule has 3 heteroatoms. The van der Waals surface area contributed by atoms with Crippen LogP contribution in [0.1, 0.15) is 18.4 Å². The summed E-state index contributed by atoms with van der Waals surface area (Å²) >= 11 is 0. The summed E-state index contributed by atoms with van der Waals surface area (Å²) in [6.45, 7) is 0.829. The number of hydrogen-bond donors (Lipinski definition) is 1. The first-order valence-electron chi connectivity index (χ1n) is 5.02. The van der Waals surface area contributed by atoms with Gasteiger partial charge in [-0.25, -0.2) is 0 Å². The number of aliphatic hydroxyl groups excluding tert-OH is 1. The molecule has 74 valence electrons. The smallest absolute Gasteiger partial charge is 0.192 e. The van der Waals surface area contributed by atoms with E-state index < -0.39 is 0 Å². The van der Waals surface area contributed by atoms with Gasteiger partial charge in [0, 0.05) is 18.5 Å². The fourth-order valence-electron chi connectivity index (χ4n) is 2.23. The molecular weight excluding hydrogens is 178 g/mol. The van der Waals surface area contributed by atoms with Gasteiger partial charge in [-0.2, -0.15) is 0 Å². The van der Waals surface area contributed by atoms with Crippen molar-refractivity contribution in [3.05, 3.63) is 35.9 Å². The molecule has 1 aromatic rings. The van der Waals surface area contributed by atoms with Crippen LogP contribution in [0.25, 0.3) is 0 Å². The van der Waals surface area contributed by atoms with E-state index in [1.165, 1.54) is 0 Å². The molecule has 0 radical (unpaired) electrons. The minimum absolute atomic E-state index is 0.228. The Kier molecular flexibility index (Phi) is 1.68. The highest BCUT2D eigenvalue weighted by molar-refractivity contribution is 5.25. The van der Waals surface area contributed by atoms with Crippen LogP contribution in [0, 0.1) is 0 Å². The molecule has 2 heterocycles. The molecule has 1 aromatic carbocycles. The van der Waals surface area contributed by atoms with E-state index in [-0.39, 0.29) is 11.8 Å². The molecule has 1 N–H and O–H groups in total. The van der Waals surface area contributed by atoms with Crippen molar-refractivity contribution in [2.45, 2.75) is 24.7 Å². The zero-order valence-corrected chi connectivity index (χ0v) is 7.89. The summed E-state index contributed by atoms with van der Waals surface area (Å²) in [5, 5.41) is 11.6. The number of nitrogens with zero attached hydrogens (tertiary/aromatic N) is 1. The lowest BCUT2D eigenvalue weighted by Crippen LogP contribution is -2.30. The van der Waals surface area contributed by atoms with E-state index in [1.807, 2.05) is 23.3 Å². The first kappa shape index (κ1) is 8.41. The molecule has 2 saturated heterocycles. The normalized spacial score (nSPS) is 40.4. The first-order valence-corrected chi connectivity index (χ1v) is 5.02. The van der Waals surface area contributed by atoms with Crippen LogP contribution in [-0.4, -0.2) is 22.8 Å². The van der Waals surface area contributed by atoms with E-state index in [0.29, 0.717) is 6.42 Å². The van der Waals surface area contributed by atoms with Crippen LogP contribution in [0.4, 0.5) is 0 Å². The Balaban J connectivity index is 1.92. The van der Waals surface area contributed by atoms with Crippen LogP contribution in [0.15, 0.2) is 30.3 Å². The fraction of sp³-hybridized carbons (Fsp3) is 0.455. The topological polar surface area (TPSA) is 35.8 Å². The minimum Gasteiger partial charge on any atom is -0.393 e. The maximum absolute atomic E-state index is 9.63. The zero-order valence-electron chi connectivity index (χ0n) is 7.89. The van der Waals surface area contributed by atoms with Crippen molar-refractivity contribution in [2.75, 3.05) is 6.54 Å². The SMILES string of the molecule is OC1CCN2OC2(c2ccccc2)C1. The van der Waals surface area contributed by atoms with Gasteiger partial charge in [-0.3, -0.25) is 4.84 Å². The average molecular weight is 191 g/mol. The third-order valence-electron chi connectivity index (χ3n) is 3.03. The Morgan fingerprint density at radius 1 is 1.36 bits per heavy atom. The molecule has 14 heavy (non-hydrogen) atoms. The van der Waals surface area contributed by atoms with Crippen molar-refractivity contribution in [3.63, 3.8) is 0 Å². The van der Waals surface area contributed by atoms with Crippen molar-refractivity contribution in [3.8, 4) is 0 Å². The summed E-state index contributed by atoms with van der Waals surface area (Å²) in [4.78, 5) is 5.60. The van der Waals surface area contributed by atoms with Gasteiger partial charge < -0.3 is 5.11 Å². The van der Waals surface area contributed by atoms with E-state index in [9.17, 15) is 5.11 Å². The lowest BCUT2D eigenvalue weighted by molar-refractivity contribution is 0.0971. The molecule has 2 aliphatic rings. The van der Waals surface area contributed by atoms with Gasteiger partial charge in [-0.05, 0) is 6.42 Å². The predicted octanol–water partition coefficient (Wildman–Crippen LogP) is 1.24. The Morgan fingerprint density at radius 3 is 2.93 bits per heavy atom. The van der Waals surface area contributed by atoms with Crippen molar-refractivity contribution in [2.24, 2.45) is 0 Å². The molecule has 0 aromatic heterocycles. The molecule has 0 amide bonds. The van der Waals surface area contributed by atoms with Gasteiger partial charge >= 0.3 is 0 Å². The van der Waals surface area contributed by atoms with E-state index >= 15 is 0 Å². The molecule has 0 saturated carbocycles. The number of benzene rings is 1. The van der Waals surface area contributed by atoms with Crippen molar-refractivity contribution >= 4 is 0 Å². The molecule has 3 nitrogen and oxygen atoms in total. The van der Waals surface area contributed by atoms with Gasteiger partial charge in [0.1, 0.15) is 0 Å². The second-order valence-electron chi connectivity index (χ2n) is 3.99. The van der Waals surface area contributed by atoms with E-state index in [0.717, 1.165) is 18.5 Å². The van der Waals surface area contributed by atoms with Crippen LogP contribution < -0.4 is 0 Å². The molecule has 0 aliphatic carbocycles. The van der Waals surface area contributed by atoms with Gasteiger partial charge in [-0.1, -0.05) is 30.3 Å². The summed E-state index contributed by atoms with van der Waals surface area (Å²) in [7, 11) is 0. The number of fused-ring (bicyclic) bond motifs is 1. The molecule has 3 atom stereocenters. The molecule has 0 bridgehead atoms. The summed E-state index contributed by atoms with van der Waals surface area (Å²) < 4.78 is 0. The standard InChI is InChI=1S/C11H13NO2/c13-10-6-7-12-11(8-10,14-12)9-4-2-1-3-5-9/h1-5,10,13H,6-8H2. The third kappa shape index (κ3) is 1.10. The molecular formula is C11H13NO2. The van der Waals surface area contributed by atoms with Gasteiger partial charge in [0.2, 0.25) is 0 Å². The average Bonchev–Trinajstić information content (AvgIpc) is 2.94. The van der Waals surface area contributed by atoms with Crippen LogP contribution in [0.3, 0.4) is 0 Å². The number of aliphatic hydroxyl groups is 1. The van der Waals surface area contributed by atoms with E-state index in [2.05, 4.69) is 12.1 Å². The Bertz CT molecular complexity index is 340. The van der Waals surface area contributed by atoms with Crippen molar-refractivity contribution in [1.29, 1.82) is 0 Å². The highest BCUT2D eigenvalue weighted by Gasteiger charge is 2.59. The van der Waals surface area contributed by atoms with Gasteiger partial charge in [0.05, 0.1) is 6.10 Å². The molecule has 3 rings (SSSR count). The van der Waals surface area contributed by atoms with Gasteiger partial charge in [0.25, 0.3) is 0 Å². The Morgan fingerprint density at radius 2 is 2.14 bits per heavy atom. The van der Waals surface area contributed by atoms with Gasteiger partial charge in [-0.15, -0.1) is 5.06 Å². The molecule has 2 aliphatic heterocycles. The Hall–Kier alpha value is -0.900. The zero-order chi connectivity index (χ0) is 9.60. The maximum Gasteiger partial charge on any atom is 0.192 e. The second kappa shape index (κ2) is 2.79. The number of piperidine rings is 1. The van der Waals surface area contributed by atoms with Gasteiger partial charge in [0.15, 0.2) is 5.72 Å². The molecule has 2 fully saturated rings. The van der Waals surface area contributed by atoms with E-state index in [4.69, 9.17) is 4.84 Å². The van der Waals surface area contributed by atoms with Crippen LogP contribution in [0.2, 0.25) is 0 Å². The second-order valence-corrected chi connectivity index (χ2v) is 3.99. The van der Waals surface area contributed by atoms with Crippen molar-refractivity contribution in [1.82, 2.24) is 5.06 Å². The first-order chi connectivity index (χ1) is 6.81. The number of hydrogen-bond acceptors (Lipinski definition) is 3. The third-order valence-corrected chi connectivity index (χ3v) is 3.03. The predicted molar refractivity (Wildman–Crippen MR) is 51.2 cm³/mol. The summed E-state index contributed by atoms with van der Waals surface area (Å²) in [5.41, 5.74) is 0.845. The summed E-state index contributed by atoms with van der Waals surface area (Å²) in [6.07, 6.45) is 1.28. The fourth-order valence-corrected chi connectivity index (χ4v) is 2.23. The number of hydroxylamine groups is 2. The monoisotopic (exact) mass is 191 g/mol. The summed E-state index contributed by atoms with van der Waals surface area (Å²) in [5.74, 6) is 0. The highest BCUT2D eigenvalue weighted by Crippen LogP contribution is 2.51. The number of rotatable bonds is 1. The lowest BCUT2D eigenvalue weighted by atomic mass is 9.94. The van der Waals surface area contributed by atoms with Crippen molar-refractivity contribution < 1.29 is 9.94 Å². The van der Waals surface area contributed by atoms with E-state index in [1.54, 1.807) is 0 Å².